The molecule has 1 aromatic carbocycles. The molecule has 2 bridgehead atoms. The fourth-order valence-corrected chi connectivity index (χ4v) is 5.68. The van der Waals surface area contributed by atoms with E-state index in [0.717, 1.165) is 30.5 Å². The summed E-state index contributed by atoms with van der Waals surface area (Å²) in [5.74, 6) is 2.00. The smallest absolute Gasteiger partial charge is 0.256 e. The van der Waals surface area contributed by atoms with Gasteiger partial charge in [0.1, 0.15) is 5.82 Å². The van der Waals surface area contributed by atoms with Crippen molar-refractivity contribution in [1.29, 1.82) is 0 Å². The lowest BCUT2D eigenvalue weighted by Crippen LogP contribution is -2.39. The predicted octanol–water partition coefficient (Wildman–Crippen LogP) is 5.63. The Hall–Kier alpha value is -2.86. The second-order valence-corrected chi connectivity index (χ2v) is 9.84. The van der Waals surface area contributed by atoms with E-state index < -0.39 is 0 Å². The van der Waals surface area contributed by atoms with E-state index in [1.165, 1.54) is 25.7 Å². The molecule has 1 unspecified atom stereocenters. The van der Waals surface area contributed by atoms with Crippen LogP contribution < -0.4 is 10.6 Å². The van der Waals surface area contributed by atoms with Gasteiger partial charge in [0, 0.05) is 35.3 Å². The average Bonchev–Trinajstić information content (AvgIpc) is 3.20. The fourth-order valence-electron chi connectivity index (χ4n) is 5.41. The Labute approximate surface area is 199 Å². The molecule has 172 valence electrons. The number of halogens is 1. The molecule has 4 aliphatic carbocycles. The van der Waals surface area contributed by atoms with Gasteiger partial charge in [-0.3, -0.25) is 14.3 Å². The van der Waals surface area contributed by atoms with Gasteiger partial charge in [-0.05, 0) is 56.1 Å². The van der Waals surface area contributed by atoms with Crippen molar-refractivity contribution in [3.05, 3.63) is 53.1 Å². The van der Waals surface area contributed by atoms with E-state index in [4.69, 9.17) is 11.6 Å². The zero-order chi connectivity index (χ0) is 22.9. The minimum atomic E-state index is -0.206. The van der Waals surface area contributed by atoms with Crippen molar-refractivity contribution >= 4 is 34.9 Å². The summed E-state index contributed by atoms with van der Waals surface area (Å²) in [4.78, 5) is 25.4. The van der Waals surface area contributed by atoms with Crippen LogP contribution in [0.25, 0.3) is 11.3 Å². The number of benzene rings is 1. The molecule has 1 atom stereocenters. The summed E-state index contributed by atoms with van der Waals surface area (Å²) in [6, 6.07) is 9.43. The first kappa shape index (κ1) is 22.0. The maximum Gasteiger partial charge on any atom is 0.256 e. The first-order valence-corrected chi connectivity index (χ1v) is 12.2. The molecule has 2 amide bonds. The van der Waals surface area contributed by atoms with Gasteiger partial charge in [-0.25, -0.2) is 0 Å². The summed E-state index contributed by atoms with van der Waals surface area (Å²) in [5.41, 5.74) is 2.90. The highest BCUT2D eigenvalue weighted by atomic mass is 35.5. The van der Waals surface area contributed by atoms with Crippen LogP contribution in [0.4, 0.5) is 11.5 Å². The summed E-state index contributed by atoms with van der Waals surface area (Å²) >= 11 is 6.16. The van der Waals surface area contributed by atoms with Crippen molar-refractivity contribution in [3.63, 3.8) is 0 Å². The first-order valence-electron chi connectivity index (χ1n) is 11.8. The van der Waals surface area contributed by atoms with E-state index >= 15 is 0 Å². The Kier molecular flexibility index (Phi) is 6.11. The Morgan fingerprint density at radius 1 is 1.03 bits per heavy atom. The highest BCUT2D eigenvalue weighted by Gasteiger charge is 2.39. The van der Waals surface area contributed by atoms with Crippen molar-refractivity contribution in [3.8, 4) is 11.3 Å². The van der Waals surface area contributed by atoms with Crippen molar-refractivity contribution in [2.24, 2.45) is 24.8 Å². The largest absolute Gasteiger partial charge is 0.322 e. The highest BCUT2D eigenvalue weighted by molar-refractivity contribution is 6.36. The normalized spacial score (nSPS) is 24.1. The van der Waals surface area contributed by atoms with Gasteiger partial charge in [-0.1, -0.05) is 48.7 Å². The van der Waals surface area contributed by atoms with Crippen LogP contribution >= 0.6 is 11.6 Å². The van der Waals surface area contributed by atoms with Crippen molar-refractivity contribution in [2.75, 3.05) is 10.6 Å². The molecule has 0 aliphatic heterocycles. The van der Waals surface area contributed by atoms with Gasteiger partial charge in [-0.15, -0.1) is 0 Å². The molecule has 2 N–H and O–H groups in total. The first-order chi connectivity index (χ1) is 16.0. The minimum Gasteiger partial charge on any atom is -0.322 e. The molecule has 3 fully saturated rings. The van der Waals surface area contributed by atoms with E-state index in [-0.39, 0.29) is 17.7 Å². The van der Waals surface area contributed by atoms with Gasteiger partial charge < -0.3 is 10.6 Å². The van der Waals surface area contributed by atoms with Gasteiger partial charge in [0.2, 0.25) is 5.91 Å². The fraction of sp³-hybridized carbons (Fsp3) is 0.423. The SMILES string of the molecule is Cn1nc(-c2ccc(NC(=O)C3=CCCC=C3Cl)cc2)cc1NC(=O)C1CC2CCC1CC2. The molecule has 6 rings (SSSR count). The summed E-state index contributed by atoms with van der Waals surface area (Å²) in [7, 11) is 1.84. The Balaban J connectivity index is 1.24. The summed E-state index contributed by atoms with van der Waals surface area (Å²) in [6.45, 7) is 0. The van der Waals surface area contributed by atoms with Gasteiger partial charge in [-0.2, -0.15) is 5.10 Å². The number of nitrogens with one attached hydrogen (secondary N) is 2. The number of anilines is 2. The molecular weight excluding hydrogens is 436 g/mol. The highest BCUT2D eigenvalue weighted by Crippen LogP contribution is 2.45. The monoisotopic (exact) mass is 464 g/mol. The number of nitrogens with zero attached hydrogens (tertiary/aromatic N) is 2. The van der Waals surface area contributed by atoms with Crippen LogP contribution in [0.3, 0.4) is 0 Å². The average molecular weight is 465 g/mol. The van der Waals surface area contributed by atoms with Gasteiger partial charge in [0.15, 0.2) is 0 Å². The number of aromatic nitrogens is 2. The topological polar surface area (TPSA) is 76.0 Å². The molecule has 1 aromatic heterocycles. The lowest BCUT2D eigenvalue weighted by molar-refractivity contribution is -0.124. The molecule has 1 heterocycles. The van der Waals surface area contributed by atoms with E-state index in [1.807, 2.05) is 49.5 Å². The molecule has 33 heavy (non-hydrogen) atoms. The Morgan fingerprint density at radius 2 is 1.76 bits per heavy atom. The van der Waals surface area contributed by atoms with Crippen LogP contribution in [-0.4, -0.2) is 21.6 Å². The van der Waals surface area contributed by atoms with Crippen LogP contribution in [0, 0.1) is 17.8 Å². The molecule has 0 radical (unpaired) electrons. The van der Waals surface area contributed by atoms with E-state index in [2.05, 4.69) is 15.7 Å². The number of hydrogen-bond acceptors (Lipinski definition) is 3. The van der Waals surface area contributed by atoms with Crippen LogP contribution in [0.2, 0.25) is 0 Å². The summed E-state index contributed by atoms with van der Waals surface area (Å²) in [5, 5.41) is 11.1. The Bertz CT molecular complexity index is 1120. The lowest BCUT2D eigenvalue weighted by atomic mass is 9.64. The van der Waals surface area contributed by atoms with Gasteiger partial charge in [0.25, 0.3) is 5.91 Å². The zero-order valence-corrected chi connectivity index (χ0v) is 19.6. The van der Waals surface area contributed by atoms with E-state index in [0.29, 0.717) is 33.9 Å². The predicted molar refractivity (Wildman–Crippen MR) is 131 cm³/mol. The maximum absolute atomic E-state index is 12.9. The van der Waals surface area contributed by atoms with Crippen molar-refractivity contribution in [1.82, 2.24) is 9.78 Å². The molecule has 6 nitrogen and oxygen atoms in total. The van der Waals surface area contributed by atoms with Crippen molar-refractivity contribution in [2.45, 2.75) is 44.9 Å². The Morgan fingerprint density at radius 3 is 2.42 bits per heavy atom. The standard InChI is InChI=1S/C26H29ClN4O2/c1-31-24(29-26(33)21-14-16-6-8-17(21)9-7-16)15-23(30-31)18-10-12-19(13-11-18)28-25(32)20-4-2-3-5-22(20)27/h4-5,10-13,15-17,21H,2-3,6-9,14H2,1H3,(H,28,32)(H,29,33). The van der Waals surface area contributed by atoms with Crippen LogP contribution in [-0.2, 0) is 16.6 Å². The zero-order valence-electron chi connectivity index (χ0n) is 18.8. The number of allylic oxidation sites excluding steroid dienone is 2. The van der Waals surface area contributed by atoms with Crippen LogP contribution in [0.1, 0.15) is 44.9 Å². The van der Waals surface area contributed by atoms with E-state index in [9.17, 15) is 9.59 Å². The molecule has 3 saturated carbocycles. The second-order valence-electron chi connectivity index (χ2n) is 9.43. The number of fused-ring (bicyclic) bond motifs is 3. The lowest BCUT2D eigenvalue weighted by Gasteiger charge is -2.41. The van der Waals surface area contributed by atoms with Crippen LogP contribution in [0.15, 0.2) is 53.1 Å². The van der Waals surface area contributed by atoms with E-state index in [1.54, 1.807) is 4.68 Å². The van der Waals surface area contributed by atoms with Crippen molar-refractivity contribution < 1.29 is 9.59 Å². The third kappa shape index (κ3) is 4.62. The quantitative estimate of drug-likeness (QED) is 0.601. The number of hydrogen-bond donors (Lipinski definition) is 2. The number of carbonyl (C=O) groups is 2. The third-order valence-electron chi connectivity index (χ3n) is 7.29. The summed E-state index contributed by atoms with van der Waals surface area (Å²) < 4.78 is 1.72. The summed E-state index contributed by atoms with van der Waals surface area (Å²) in [6.07, 6.45) is 11.4. The molecular formula is C26H29ClN4O2. The molecule has 4 aliphatic rings. The number of carbonyl (C=O) groups excluding carboxylic acids is 2. The van der Waals surface area contributed by atoms with Gasteiger partial charge in [0.05, 0.1) is 11.3 Å². The molecule has 0 saturated heterocycles. The molecule has 7 heteroatoms. The molecule has 0 spiro atoms. The number of rotatable bonds is 5. The maximum atomic E-state index is 12.9. The second kappa shape index (κ2) is 9.18. The van der Waals surface area contributed by atoms with Crippen LogP contribution in [0.5, 0.6) is 0 Å². The minimum absolute atomic E-state index is 0.126. The number of aryl methyl sites for hydroxylation is 1. The molecule has 2 aromatic rings. The third-order valence-corrected chi connectivity index (χ3v) is 7.65. The number of amides is 2. The van der Waals surface area contributed by atoms with Gasteiger partial charge >= 0.3 is 0 Å².